The van der Waals surface area contributed by atoms with Gasteiger partial charge < -0.3 is 5.73 Å². The Balaban J connectivity index is 2.10. The summed E-state index contributed by atoms with van der Waals surface area (Å²) in [6.07, 6.45) is 4.58. The monoisotopic (exact) mass is 302 g/mol. The zero-order valence-electron chi connectivity index (χ0n) is 10.7. The summed E-state index contributed by atoms with van der Waals surface area (Å²) in [6, 6.07) is 4.81. The quantitative estimate of drug-likeness (QED) is 0.876. The smallest absolute Gasteiger partial charge is 0.242 e. The van der Waals surface area contributed by atoms with Crippen LogP contribution in [0.15, 0.2) is 23.1 Å². The van der Waals surface area contributed by atoms with Crippen LogP contribution in [-0.4, -0.2) is 15.0 Å². The van der Waals surface area contributed by atoms with Gasteiger partial charge in [0.15, 0.2) is 0 Å². The molecule has 0 amide bonds. The van der Waals surface area contributed by atoms with Gasteiger partial charge in [0.05, 0.1) is 5.02 Å². The number of hydrogen-bond acceptors (Lipinski definition) is 3. The Morgan fingerprint density at radius 2 is 2.00 bits per heavy atom. The summed E-state index contributed by atoms with van der Waals surface area (Å²) >= 11 is 6.01. The van der Waals surface area contributed by atoms with E-state index in [1.165, 1.54) is 18.9 Å². The van der Waals surface area contributed by atoms with Crippen molar-refractivity contribution in [1.82, 2.24) is 4.72 Å². The molecule has 0 radical (unpaired) electrons. The maximum atomic E-state index is 12.2. The van der Waals surface area contributed by atoms with E-state index in [0.29, 0.717) is 19.0 Å². The van der Waals surface area contributed by atoms with E-state index in [2.05, 4.69) is 4.72 Å². The molecule has 0 aliphatic heterocycles. The third-order valence-electron chi connectivity index (χ3n) is 3.56. The van der Waals surface area contributed by atoms with E-state index < -0.39 is 10.0 Å². The van der Waals surface area contributed by atoms with Gasteiger partial charge in [0.1, 0.15) is 4.90 Å². The largest absolute Gasteiger partial charge is 0.326 e. The van der Waals surface area contributed by atoms with Crippen molar-refractivity contribution in [3.05, 3.63) is 28.8 Å². The number of hydrogen-bond donors (Lipinski definition) is 2. The van der Waals surface area contributed by atoms with E-state index in [-0.39, 0.29) is 9.92 Å². The van der Waals surface area contributed by atoms with Crippen LogP contribution in [0.4, 0.5) is 0 Å². The first-order valence-corrected chi connectivity index (χ1v) is 8.37. The molecule has 19 heavy (non-hydrogen) atoms. The Hall–Kier alpha value is -0.620. The van der Waals surface area contributed by atoms with Crippen LogP contribution in [0.25, 0.3) is 0 Å². The molecule has 1 saturated carbocycles. The standard InChI is InChI=1S/C13H19ClN2O2S/c14-12-7-11(8-15)5-6-13(12)19(17,18)16-9-10-3-1-2-4-10/h5-7,10,16H,1-4,8-9,15H2. The van der Waals surface area contributed by atoms with Gasteiger partial charge in [-0.25, -0.2) is 13.1 Å². The lowest BCUT2D eigenvalue weighted by Crippen LogP contribution is -2.28. The fourth-order valence-corrected chi connectivity index (χ4v) is 4.09. The Morgan fingerprint density at radius 3 is 2.58 bits per heavy atom. The van der Waals surface area contributed by atoms with Crippen LogP contribution < -0.4 is 10.5 Å². The Labute approximate surface area is 119 Å². The number of halogens is 1. The molecule has 0 spiro atoms. The summed E-state index contributed by atoms with van der Waals surface area (Å²) in [7, 11) is -3.53. The molecule has 1 aliphatic rings. The molecule has 1 aliphatic carbocycles. The van der Waals surface area contributed by atoms with Gasteiger partial charge >= 0.3 is 0 Å². The first kappa shape index (κ1) is 14.8. The molecule has 0 saturated heterocycles. The van der Waals surface area contributed by atoms with Crippen LogP contribution in [-0.2, 0) is 16.6 Å². The van der Waals surface area contributed by atoms with Crippen LogP contribution >= 0.6 is 11.6 Å². The second-order valence-electron chi connectivity index (χ2n) is 4.97. The van der Waals surface area contributed by atoms with Crippen molar-refractivity contribution in [3.63, 3.8) is 0 Å². The van der Waals surface area contributed by atoms with Gasteiger partial charge in [-0.3, -0.25) is 0 Å². The fourth-order valence-electron chi connectivity index (χ4n) is 2.41. The third kappa shape index (κ3) is 3.69. The molecule has 2 rings (SSSR count). The first-order chi connectivity index (χ1) is 9.03. The number of nitrogens with two attached hydrogens (primary N) is 1. The van der Waals surface area contributed by atoms with Crippen LogP contribution in [0.3, 0.4) is 0 Å². The zero-order chi connectivity index (χ0) is 13.9. The van der Waals surface area contributed by atoms with Gasteiger partial charge in [-0.1, -0.05) is 30.5 Å². The molecule has 0 aromatic heterocycles. The first-order valence-electron chi connectivity index (χ1n) is 6.51. The molecular weight excluding hydrogens is 284 g/mol. The van der Waals surface area contributed by atoms with Crippen LogP contribution in [0.5, 0.6) is 0 Å². The molecule has 6 heteroatoms. The summed E-state index contributed by atoms with van der Waals surface area (Å²) in [6.45, 7) is 0.840. The van der Waals surface area contributed by atoms with Gasteiger partial charge in [0, 0.05) is 13.1 Å². The fraction of sp³-hybridized carbons (Fsp3) is 0.538. The van der Waals surface area contributed by atoms with Crippen LogP contribution in [0.1, 0.15) is 31.2 Å². The summed E-state index contributed by atoms with van der Waals surface area (Å²) in [5, 5.41) is 0.224. The van der Waals surface area contributed by atoms with Crippen molar-refractivity contribution < 1.29 is 8.42 Å². The maximum Gasteiger partial charge on any atom is 0.242 e. The number of nitrogens with one attached hydrogen (secondary N) is 1. The van der Waals surface area contributed by atoms with Gasteiger partial charge in [-0.05, 0) is 36.5 Å². The van der Waals surface area contributed by atoms with Crippen molar-refractivity contribution in [1.29, 1.82) is 0 Å². The molecular formula is C13H19ClN2O2S. The molecule has 1 aromatic carbocycles. The molecule has 0 atom stereocenters. The molecule has 106 valence electrons. The highest BCUT2D eigenvalue weighted by molar-refractivity contribution is 7.89. The number of benzene rings is 1. The molecule has 0 unspecified atom stereocenters. The van der Waals surface area contributed by atoms with E-state index in [4.69, 9.17) is 17.3 Å². The summed E-state index contributed by atoms with van der Waals surface area (Å²) in [5.74, 6) is 0.455. The van der Waals surface area contributed by atoms with Crippen LogP contribution in [0.2, 0.25) is 5.02 Å². The lowest BCUT2D eigenvalue weighted by molar-refractivity contribution is 0.519. The predicted molar refractivity (Wildman–Crippen MR) is 76.5 cm³/mol. The zero-order valence-corrected chi connectivity index (χ0v) is 12.3. The van der Waals surface area contributed by atoms with Gasteiger partial charge in [0.25, 0.3) is 0 Å². The van der Waals surface area contributed by atoms with Crippen molar-refractivity contribution in [3.8, 4) is 0 Å². The minimum absolute atomic E-state index is 0.129. The lowest BCUT2D eigenvalue weighted by atomic mass is 10.1. The van der Waals surface area contributed by atoms with Crippen molar-refractivity contribution in [2.24, 2.45) is 11.7 Å². The highest BCUT2D eigenvalue weighted by atomic mass is 35.5. The second kappa shape index (κ2) is 6.22. The minimum atomic E-state index is -3.53. The molecule has 1 aromatic rings. The van der Waals surface area contributed by atoms with Crippen molar-refractivity contribution >= 4 is 21.6 Å². The molecule has 3 N–H and O–H groups in total. The van der Waals surface area contributed by atoms with E-state index in [0.717, 1.165) is 18.4 Å². The SMILES string of the molecule is NCc1ccc(S(=O)(=O)NCC2CCCC2)c(Cl)c1. The van der Waals surface area contributed by atoms with E-state index >= 15 is 0 Å². The van der Waals surface area contributed by atoms with E-state index in [1.807, 2.05) is 0 Å². The summed E-state index contributed by atoms with van der Waals surface area (Å²) in [5.41, 5.74) is 6.31. The third-order valence-corrected chi connectivity index (χ3v) is 5.46. The Bertz CT molecular complexity index is 540. The maximum absolute atomic E-state index is 12.2. The van der Waals surface area contributed by atoms with Gasteiger partial charge in [-0.2, -0.15) is 0 Å². The average Bonchev–Trinajstić information content (AvgIpc) is 2.89. The van der Waals surface area contributed by atoms with Crippen molar-refractivity contribution in [2.45, 2.75) is 37.1 Å². The van der Waals surface area contributed by atoms with Gasteiger partial charge in [-0.15, -0.1) is 0 Å². The lowest BCUT2D eigenvalue weighted by Gasteiger charge is -2.12. The second-order valence-corrected chi connectivity index (χ2v) is 7.11. The molecule has 4 nitrogen and oxygen atoms in total. The van der Waals surface area contributed by atoms with E-state index in [1.54, 1.807) is 12.1 Å². The Kier molecular flexibility index (Phi) is 4.84. The minimum Gasteiger partial charge on any atom is -0.326 e. The Morgan fingerprint density at radius 1 is 1.32 bits per heavy atom. The highest BCUT2D eigenvalue weighted by Gasteiger charge is 2.21. The molecule has 0 bridgehead atoms. The van der Waals surface area contributed by atoms with Crippen molar-refractivity contribution in [2.75, 3.05) is 6.54 Å². The normalized spacial score (nSPS) is 16.9. The van der Waals surface area contributed by atoms with Gasteiger partial charge in [0.2, 0.25) is 10.0 Å². The predicted octanol–water partition coefficient (Wildman–Crippen LogP) is 2.27. The number of rotatable bonds is 5. The average molecular weight is 303 g/mol. The highest BCUT2D eigenvalue weighted by Crippen LogP contribution is 2.26. The number of sulfonamides is 1. The summed E-state index contributed by atoms with van der Waals surface area (Å²) < 4.78 is 27.0. The topological polar surface area (TPSA) is 72.2 Å². The summed E-state index contributed by atoms with van der Waals surface area (Å²) in [4.78, 5) is 0.129. The molecule has 0 heterocycles. The van der Waals surface area contributed by atoms with E-state index in [9.17, 15) is 8.42 Å². The molecule has 1 fully saturated rings. The van der Waals surface area contributed by atoms with Crippen LogP contribution in [0, 0.1) is 5.92 Å².